The maximum Gasteiger partial charge on any atom is 0.187 e. The molecule has 0 amide bonds. The Hall–Kier alpha value is -0.313. The molecule has 1 aromatic carbocycles. The molecule has 1 atom stereocenters. The molecule has 0 heterocycles. The lowest BCUT2D eigenvalue weighted by molar-refractivity contribution is 0.329. The van der Waals surface area contributed by atoms with Gasteiger partial charge in [0.25, 0.3) is 0 Å². The standard InChI is InChI=1S/C15H25ClOSi/c1-5-15(16)14-9-7-13(8-10-14)11-12-18(3,4)17-6-2/h7-10,15H,5-6,11-12H2,1-4H3. The van der Waals surface area contributed by atoms with Gasteiger partial charge in [-0.05, 0) is 50.0 Å². The van der Waals surface area contributed by atoms with Crippen molar-refractivity contribution >= 4 is 19.9 Å². The summed E-state index contributed by atoms with van der Waals surface area (Å²) in [5, 5.41) is 0.147. The molecule has 1 aromatic rings. The van der Waals surface area contributed by atoms with E-state index in [1.165, 1.54) is 17.2 Å². The van der Waals surface area contributed by atoms with Gasteiger partial charge < -0.3 is 4.43 Å². The van der Waals surface area contributed by atoms with Crippen LogP contribution in [-0.2, 0) is 10.8 Å². The van der Waals surface area contributed by atoms with E-state index in [2.05, 4.69) is 51.2 Å². The van der Waals surface area contributed by atoms with E-state index in [1.807, 2.05) is 0 Å². The van der Waals surface area contributed by atoms with Gasteiger partial charge in [0.1, 0.15) is 0 Å². The molecule has 0 bridgehead atoms. The first-order valence-electron chi connectivity index (χ1n) is 6.85. The topological polar surface area (TPSA) is 9.23 Å². The maximum atomic E-state index is 6.22. The van der Waals surface area contributed by atoms with Gasteiger partial charge in [0.05, 0.1) is 5.38 Å². The number of rotatable bonds is 7. The highest BCUT2D eigenvalue weighted by atomic mass is 35.5. The predicted molar refractivity (Wildman–Crippen MR) is 82.9 cm³/mol. The Balaban J connectivity index is 2.54. The Bertz CT molecular complexity index is 348. The van der Waals surface area contributed by atoms with Crippen molar-refractivity contribution < 1.29 is 4.43 Å². The summed E-state index contributed by atoms with van der Waals surface area (Å²) in [6, 6.07) is 9.91. The number of aryl methyl sites for hydroxylation is 1. The lowest BCUT2D eigenvalue weighted by Crippen LogP contribution is -2.30. The second-order valence-corrected chi connectivity index (χ2v) is 10.1. The highest BCUT2D eigenvalue weighted by molar-refractivity contribution is 6.71. The quantitative estimate of drug-likeness (QED) is 0.496. The van der Waals surface area contributed by atoms with Crippen LogP contribution >= 0.6 is 11.6 Å². The lowest BCUT2D eigenvalue weighted by atomic mass is 10.1. The summed E-state index contributed by atoms with van der Waals surface area (Å²) < 4.78 is 5.85. The molecule has 1 rings (SSSR count). The average molecular weight is 285 g/mol. The van der Waals surface area contributed by atoms with E-state index in [0.29, 0.717) is 0 Å². The first kappa shape index (κ1) is 15.7. The molecule has 0 saturated heterocycles. The summed E-state index contributed by atoms with van der Waals surface area (Å²) in [6.07, 6.45) is 2.09. The summed E-state index contributed by atoms with van der Waals surface area (Å²) in [5.41, 5.74) is 2.61. The molecule has 102 valence electrons. The lowest BCUT2D eigenvalue weighted by Gasteiger charge is -2.21. The summed E-state index contributed by atoms with van der Waals surface area (Å²) in [5.74, 6) is 0. The van der Waals surface area contributed by atoms with Crippen molar-refractivity contribution in [1.29, 1.82) is 0 Å². The van der Waals surface area contributed by atoms with Crippen LogP contribution in [0.5, 0.6) is 0 Å². The molecule has 0 saturated carbocycles. The monoisotopic (exact) mass is 284 g/mol. The zero-order chi connectivity index (χ0) is 13.6. The first-order valence-corrected chi connectivity index (χ1v) is 10.4. The van der Waals surface area contributed by atoms with Gasteiger partial charge in [-0.25, -0.2) is 0 Å². The molecular weight excluding hydrogens is 260 g/mol. The fraction of sp³-hybridized carbons (Fsp3) is 0.600. The van der Waals surface area contributed by atoms with Crippen LogP contribution in [0.4, 0.5) is 0 Å². The molecule has 0 spiro atoms. The average Bonchev–Trinajstić information content (AvgIpc) is 2.36. The zero-order valence-corrected chi connectivity index (χ0v) is 13.8. The molecule has 1 unspecified atom stereocenters. The Morgan fingerprint density at radius 1 is 1.17 bits per heavy atom. The SMILES string of the molecule is CCO[Si](C)(C)CCc1ccc(C(Cl)CC)cc1. The minimum absolute atomic E-state index is 0.147. The van der Waals surface area contributed by atoms with Crippen LogP contribution in [0.25, 0.3) is 0 Å². The molecular formula is C15H25ClOSi. The highest BCUT2D eigenvalue weighted by Gasteiger charge is 2.21. The molecule has 0 aliphatic carbocycles. The van der Waals surface area contributed by atoms with Crippen molar-refractivity contribution in [1.82, 2.24) is 0 Å². The van der Waals surface area contributed by atoms with Crippen LogP contribution in [0.2, 0.25) is 19.1 Å². The van der Waals surface area contributed by atoms with E-state index >= 15 is 0 Å². The van der Waals surface area contributed by atoms with Gasteiger partial charge in [0.2, 0.25) is 0 Å². The molecule has 3 heteroatoms. The smallest absolute Gasteiger partial charge is 0.187 e. The zero-order valence-electron chi connectivity index (χ0n) is 12.0. The minimum atomic E-state index is -1.45. The third-order valence-electron chi connectivity index (χ3n) is 3.25. The largest absolute Gasteiger partial charge is 0.418 e. The molecule has 0 aliphatic heterocycles. The third-order valence-corrected chi connectivity index (χ3v) is 6.34. The predicted octanol–water partition coefficient (Wildman–Crippen LogP) is 5.16. The Morgan fingerprint density at radius 3 is 2.28 bits per heavy atom. The number of alkyl halides is 1. The molecule has 0 N–H and O–H groups in total. The summed E-state index contributed by atoms with van der Waals surface area (Å²) >= 11 is 6.22. The fourth-order valence-electron chi connectivity index (χ4n) is 2.04. The van der Waals surface area contributed by atoms with Crippen LogP contribution < -0.4 is 0 Å². The molecule has 0 radical (unpaired) electrons. The van der Waals surface area contributed by atoms with E-state index in [4.69, 9.17) is 16.0 Å². The Morgan fingerprint density at radius 2 is 1.78 bits per heavy atom. The van der Waals surface area contributed by atoms with Crippen molar-refractivity contribution in [2.45, 2.75) is 51.2 Å². The van der Waals surface area contributed by atoms with E-state index in [1.54, 1.807) is 0 Å². The van der Waals surface area contributed by atoms with Crippen molar-refractivity contribution in [2.24, 2.45) is 0 Å². The van der Waals surface area contributed by atoms with Gasteiger partial charge >= 0.3 is 0 Å². The van der Waals surface area contributed by atoms with Crippen molar-refractivity contribution in [2.75, 3.05) is 6.61 Å². The van der Waals surface area contributed by atoms with E-state index in [-0.39, 0.29) is 5.38 Å². The van der Waals surface area contributed by atoms with Gasteiger partial charge in [0, 0.05) is 6.61 Å². The normalized spacial score (nSPS) is 13.6. The van der Waals surface area contributed by atoms with E-state index in [9.17, 15) is 0 Å². The Kier molecular flexibility index (Phi) is 6.40. The minimum Gasteiger partial charge on any atom is -0.418 e. The summed E-state index contributed by atoms with van der Waals surface area (Å²) in [7, 11) is -1.45. The van der Waals surface area contributed by atoms with Crippen LogP contribution in [0.3, 0.4) is 0 Å². The first-order chi connectivity index (χ1) is 8.48. The van der Waals surface area contributed by atoms with Crippen LogP contribution in [-0.4, -0.2) is 14.9 Å². The fourth-order valence-corrected chi connectivity index (χ4v) is 4.00. The number of hydrogen-bond donors (Lipinski definition) is 0. The van der Waals surface area contributed by atoms with Crippen LogP contribution in [0.1, 0.15) is 36.8 Å². The maximum absolute atomic E-state index is 6.22. The summed E-state index contributed by atoms with van der Waals surface area (Å²) in [6.45, 7) is 9.60. The Labute approximate surface area is 118 Å². The van der Waals surface area contributed by atoms with Gasteiger partial charge in [-0.15, -0.1) is 11.6 Å². The van der Waals surface area contributed by atoms with Crippen molar-refractivity contribution in [3.05, 3.63) is 35.4 Å². The molecule has 0 aromatic heterocycles. The van der Waals surface area contributed by atoms with Gasteiger partial charge in [-0.1, -0.05) is 31.2 Å². The summed E-state index contributed by atoms with van der Waals surface area (Å²) in [4.78, 5) is 0. The van der Waals surface area contributed by atoms with Gasteiger partial charge in [0.15, 0.2) is 8.32 Å². The van der Waals surface area contributed by atoms with Crippen LogP contribution in [0.15, 0.2) is 24.3 Å². The van der Waals surface area contributed by atoms with E-state index in [0.717, 1.165) is 19.4 Å². The van der Waals surface area contributed by atoms with Crippen LogP contribution in [0, 0.1) is 0 Å². The van der Waals surface area contributed by atoms with Crippen molar-refractivity contribution in [3.8, 4) is 0 Å². The molecule has 18 heavy (non-hydrogen) atoms. The number of halogens is 1. The third kappa shape index (κ3) is 5.13. The molecule has 0 aliphatic rings. The second-order valence-electron chi connectivity index (χ2n) is 5.31. The second kappa shape index (κ2) is 7.32. The molecule has 0 fully saturated rings. The van der Waals surface area contributed by atoms with E-state index < -0.39 is 8.32 Å². The van der Waals surface area contributed by atoms with Gasteiger partial charge in [-0.2, -0.15) is 0 Å². The number of benzene rings is 1. The highest BCUT2D eigenvalue weighted by Crippen LogP contribution is 2.24. The van der Waals surface area contributed by atoms with Gasteiger partial charge in [-0.3, -0.25) is 0 Å². The van der Waals surface area contributed by atoms with Crippen molar-refractivity contribution in [3.63, 3.8) is 0 Å². The number of hydrogen-bond acceptors (Lipinski definition) is 1. The molecule has 1 nitrogen and oxygen atoms in total.